The van der Waals surface area contributed by atoms with E-state index in [4.69, 9.17) is 9.47 Å². The van der Waals surface area contributed by atoms with Crippen LogP contribution in [0, 0.1) is 17.3 Å². The summed E-state index contributed by atoms with van der Waals surface area (Å²) in [4.78, 5) is 14.1. The molecule has 4 fully saturated rings. The summed E-state index contributed by atoms with van der Waals surface area (Å²) in [5.41, 5.74) is 0.0397. The summed E-state index contributed by atoms with van der Waals surface area (Å²) in [6.45, 7) is 9.40. The zero-order valence-corrected chi connectivity index (χ0v) is 15.3. The Hall–Kier alpha value is -0.810. The molecule has 2 aliphatic carbocycles. The largest absolute Gasteiger partial charge is 0.444 e. The highest BCUT2D eigenvalue weighted by Gasteiger charge is 2.66. The van der Waals surface area contributed by atoms with Gasteiger partial charge in [0.2, 0.25) is 0 Å². The van der Waals surface area contributed by atoms with E-state index in [1.807, 2.05) is 25.7 Å². The SMILES string of the molecule is CC(C)(C)OC(=O)N1CC[C@@H](CN[C@H]2[C@@H]3CCO[C@@H]3C23CCC3)C1. The van der Waals surface area contributed by atoms with Gasteiger partial charge in [0.05, 0.1) is 6.10 Å². The molecule has 2 saturated carbocycles. The second-order valence-corrected chi connectivity index (χ2v) is 9.30. The third-order valence-electron chi connectivity index (χ3n) is 6.60. The summed E-state index contributed by atoms with van der Waals surface area (Å²) in [5.74, 6) is 1.28. The van der Waals surface area contributed by atoms with Gasteiger partial charge in [-0.15, -0.1) is 0 Å². The second kappa shape index (κ2) is 5.87. The van der Waals surface area contributed by atoms with Crippen molar-refractivity contribution < 1.29 is 14.3 Å². The maximum absolute atomic E-state index is 12.2. The molecule has 2 saturated heterocycles. The van der Waals surface area contributed by atoms with E-state index in [-0.39, 0.29) is 6.09 Å². The molecule has 5 nitrogen and oxygen atoms in total. The summed E-state index contributed by atoms with van der Waals surface area (Å²) in [6, 6.07) is 0.648. The van der Waals surface area contributed by atoms with E-state index in [2.05, 4.69) is 5.32 Å². The average Bonchev–Trinajstić information content (AvgIpc) is 3.04. The van der Waals surface area contributed by atoms with Gasteiger partial charge >= 0.3 is 6.09 Å². The highest BCUT2D eigenvalue weighted by Crippen LogP contribution is 2.62. The predicted octanol–water partition coefficient (Wildman–Crippen LogP) is 2.79. The number of nitrogens with zero attached hydrogens (tertiary/aromatic N) is 1. The molecule has 4 rings (SSSR count). The van der Waals surface area contributed by atoms with Gasteiger partial charge < -0.3 is 19.7 Å². The van der Waals surface area contributed by atoms with Crippen LogP contribution >= 0.6 is 0 Å². The van der Waals surface area contributed by atoms with Gasteiger partial charge in [0.15, 0.2) is 0 Å². The predicted molar refractivity (Wildman–Crippen MR) is 91.8 cm³/mol. The monoisotopic (exact) mass is 336 g/mol. The molecule has 136 valence electrons. The molecule has 0 aromatic rings. The smallest absolute Gasteiger partial charge is 0.410 e. The van der Waals surface area contributed by atoms with Crippen molar-refractivity contribution in [2.24, 2.45) is 17.3 Å². The first-order valence-corrected chi connectivity index (χ1v) is 9.72. The maximum Gasteiger partial charge on any atom is 0.410 e. The van der Waals surface area contributed by atoms with Gasteiger partial charge in [-0.05, 0) is 52.4 Å². The van der Waals surface area contributed by atoms with Crippen LogP contribution in [0.3, 0.4) is 0 Å². The van der Waals surface area contributed by atoms with E-state index >= 15 is 0 Å². The van der Waals surface area contributed by atoms with Crippen LogP contribution in [-0.2, 0) is 9.47 Å². The molecular weight excluding hydrogens is 304 g/mol. The number of hydrogen-bond donors (Lipinski definition) is 1. The molecule has 0 aromatic carbocycles. The van der Waals surface area contributed by atoms with Crippen molar-refractivity contribution in [3.05, 3.63) is 0 Å². The third-order valence-corrected chi connectivity index (χ3v) is 6.60. The number of nitrogens with one attached hydrogen (secondary N) is 1. The van der Waals surface area contributed by atoms with Gasteiger partial charge in [-0.2, -0.15) is 0 Å². The lowest BCUT2D eigenvalue weighted by atomic mass is 9.46. The number of amides is 1. The molecule has 24 heavy (non-hydrogen) atoms. The van der Waals surface area contributed by atoms with E-state index in [1.165, 1.54) is 25.7 Å². The van der Waals surface area contributed by atoms with Crippen LogP contribution in [0.1, 0.15) is 52.9 Å². The molecule has 4 atom stereocenters. The quantitative estimate of drug-likeness (QED) is 0.861. The van der Waals surface area contributed by atoms with Crippen molar-refractivity contribution >= 4 is 6.09 Å². The van der Waals surface area contributed by atoms with Crippen LogP contribution in [0.25, 0.3) is 0 Å². The minimum Gasteiger partial charge on any atom is -0.444 e. The molecule has 0 radical (unpaired) electrons. The van der Waals surface area contributed by atoms with E-state index < -0.39 is 5.60 Å². The minimum absolute atomic E-state index is 0.159. The molecule has 0 unspecified atom stereocenters. The van der Waals surface area contributed by atoms with Gasteiger partial charge in [-0.3, -0.25) is 0 Å². The van der Waals surface area contributed by atoms with Crippen LogP contribution in [0.2, 0.25) is 0 Å². The van der Waals surface area contributed by atoms with Crippen LogP contribution in [0.5, 0.6) is 0 Å². The number of hydrogen-bond acceptors (Lipinski definition) is 4. The number of likely N-dealkylation sites (tertiary alicyclic amines) is 1. The highest BCUT2D eigenvalue weighted by molar-refractivity contribution is 5.68. The molecule has 1 spiro atoms. The van der Waals surface area contributed by atoms with Crippen molar-refractivity contribution in [2.75, 3.05) is 26.2 Å². The van der Waals surface area contributed by atoms with E-state index in [1.54, 1.807) is 0 Å². The Labute approximate surface area is 145 Å². The first kappa shape index (κ1) is 16.6. The zero-order chi connectivity index (χ0) is 16.9. The van der Waals surface area contributed by atoms with Gasteiger partial charge in [0.1, 0.15) is 5.60 Å². The summed E-state index contributed by atoms with van der Waals surface area (Å²) < 4.78 is 11.5. The minimum atomic E-state index is -0.409. The van der Waals surface area contributed by atoms with Crippen LogP contribution in [0.4, 0.5) is 4.79 Å². The Morgan fingerprint density at radius 1 is 1.33 bits per heavy atom. The van der Waals surface area contributed by atoms with Crippen molar-refractivity contribution in [2.45, 2.75) is 70.6 Å². The molecule has 2 aliphatic heterocycles. The molecule has 2 heterocycles. The second-order valence-electron chi connectivity index (χ2n) is 9.30. The Morgan fingerprint density at radius 2 is 2.12 bits per heavy atom. The number of carbonyl (C=O) groups is 1. The molecule has 1 N–H and O–H groups in total. The first-order valence-electron chi connectivity index (χ1n) is 9.72. The van der Waals surface area contributed by atoms with Crippen LogP contribution in [0.15, 0.2) is 0 Å². The standard InChI is InChI=1S/C19H32N2O3/c1-18(2,3)24-17(22)21-9-5-13(12-21)11-20-15-14-6-10-23-16(14)19(15)7-4-8-19/h13-16,20H,4-12H2,1-3H3/t13-,14-,15-,16-/m0/s1. The first-order chi connectivity index (χ1) is 11.4. The zero-order valence-electron chi connectivity index (χ0n) is 15.3. The molecule has 0 aromatic heterocycles. The van der Waals surface area contributed by atoms with Crippen molar-refractivity contribution in [3.8, 4) is 0 Å². The average molecular weight is 336 g/mol. The van der Waals surface area contributed by atoms with Gasteiger partial charge in [-0.25, -0.2) is 4.79 Å². The third kappa shape index (κ3) is 2.74. The van der Waals surface area contributed by atoms with E-state index in [0.29, 0.717) is 23.5 Å². The Balaban J connectivity index is 1.26. The van der Waals surface area contributed by atoms with E-state index in [9.17, 15) is 4.79 Å². The fraction of sp³-hybridized carbons (Fsp3) is 0.947. The van der Waals surface area contributed by atoms with E-state index in [0.717, 1.165) is 38.6 Å². The fourth-order valence-corrected chi connectivity index (χ4v) is 5.34. The lowest BCUT2D eigenvalue weighted by molar-refractivity contribution is -0.176. The highest BCUT2D eigenvalue weighted by atomic mass is 16.6. The summed E-state index contributed by atoms with van der Waals surface area (Å²) in [5, 5.41) is 3.87. The summed E-state index contributed by atoms with van der Waals surface area (Å²) in [7, 11) is 0. The molecule has 4 aliphatic rings. The summed E-state index contributed by atoms with van der Waals surface area (Å²) >= 11 is 0. The Morgan fingerprint density at radius 3 is 2.79 bits per heavy atom. The molecule has 5 heteroatoms. The van der Waals surface area contributed by atoms with Gasteiger partial charge in [-0.1, -0.05) is 6.42 Å². The lowest BCUT2D eigenvalue weighted by Gasteiger charge is -2.63. The normalized spacial score (nSPS) is 37.0. The molecular formula is C19H32N2O3. The number of ether oxygens (including phenoxy) is 2. The fourth-order valence-electron chi connectivity index (χ4n) is 5.34. The molecule has 1 amide bonds. The number of carbonyl (C=O) groups excluding carboxylic acids is 1. The molecule has 0 bridgehead atoms. The Kier molecular flexibility index (Phi) is 4.07. The number of rotatable bonds is 3. The lowest BCUT2D eigenvalue weighted by Crippen LogP contribution is -2.71. The van der Waals surface area contributed by atoms with Crippen molar-refractivity contribution in [1.82, 2.24) is 10.2 Å². The van der Waals surface area contributed by atoms with Gasteiger partial charge in [0, 0.05) is 43.6 Å². The topological polar surface area (TPSA) is 50.8 Å². The summed E-state index contributed by atoms with van der Waals surface area (Å²) in [6.07, 6.45) is 6.70. The Bertz CT molecular complexity index is 497. The van der Waals surface area contributed by atoms with Crippen molar-refractivity contribution in [1.29, 1.82) is 0 Å². The van der Waals surface area contributed by atoms with Crippen LogP contribution in [-0.4, -0.2) is 55.0 Å². The maximum atomic E-state index is 12.2. The van der Waals surface area contributed by atoms with Gasteiger partial charge in [0.25, 0.3) is 0 Å². The number of fused-ring (bicyclic) bond motifs is 2. The van der Waals surface area contributed by atoms with Crippen LogP contribution < -0.4 is 5.32 Å². The van der Waals surface area contributed by atoms with Crippen molar-refractivity contribution in [3.63, 3.8) is 0 Å².